The van der Waals surface area contributed by atoms with Crippen LogP contribution in [0.25, 0.3) is 0 Å². The second kappa shape index (κ2) is 9.06. The first kappa shape index (κ1) is 22.4. The van der Waals surface area contributed by atoms with Crippen LogP contribution in [0.4, 0.5) is 0 Å². The van der Waals surface area contributed by atoms with Gasteiger partial charge in [0.15, 0.2) is 0 Å². The van der Waals surface area contributed by atoms with Crippen molar-refractivity contribution in [2.45, 2.75) is 31.8 Å². The van der Waals surface area contributed by atoms with Gasteiger partial charge in [-0.2, -0.15) is 0 Å². The minimum absolute atomic E-state index is 0.00896. The molecule has 0 saturated heterocycles. The first-order valence-corrected chi connectivity index (χ1v) is 10.4. The standard InChI is InChI=1S/C20H25N3O5S/c1-13(2)28-16-9-7-15(8-10-16)19(24)21-22-20(25)18-12-17(11-6-14(18)3)29(26,27)23(4)5/h6-13H,1-5H3,(H,21,24)(H,22,25). The van der Waals surface area contributed by atoms with Gasteiger partial charge in [0.2, 0.25) is 10.0 Å². The van der Waals surface area contributed by atoms with Crippen LogP contribution < -0.4 is 15.6 Å². The summed E-state index contributed by atoms with van der Waals surface area (Å²) in [6, 6.07) is 10.7. The van der Waals surface area contributed by atoms with E-state index in [0.717, 1.165) is 4.31 Å². The Labute approximate surface area is 170 Å². The molecule has 2 aromatic rings. The van der Waals surface area contributed by atoms with Crippen LogP contribution in [0.2, 0.25) is 0 Å². The Bertz CT molecular complexity index is 999. The normalized spacial score (nSPS) is 11.4. The summed E-state index contributed by atoms with van der Waals surface area (Å²) in [5.41, 5.74) is 5.70. The van der Waals surface area contributed by atoms with E-state index in [1.807, 2.05) is 13.8 Å². The lowest BCUT2D eigenvalue weighted by Crippen LogP contribution is -2.42. The van der Waals surface area contributed by atoms with E-state index in [2.05, 4.69) is 10.9 Å². The molecule has 0 unspecified atom stereocenters. The Hall–Kier alpha value is -2.91. The quantitative estimate of drug-likeness (QED) is 0.698. The summed E-state index contributed by atoms with van der Waals surface area (Å²) in [5, 5.41) is 0. The molecule has 0 fully saturated rings. The number of benzene rings is 2. The number of aryl methyl sites for hydroxylation is 1. The molecule has 0 bridgehead atoms. The molecule has 0 aromatic heterocycles. The number of rotatable bonds is 6. The molecule has 0 aliphatic rings. The number of nitrogens with zero attached hydrogens (tertiary/aromatic N) is 1. The topological polar surface area (TPSA) is 105 Å². The molecule has 8 nitrogen and oxygen atoms in total. The van der Waals surface area contributed by atoms with E-state index < -0.39 is 21.8 Å². The van der Waals surface area contributed by atoms with Crippen LogP contribution in [0, 0.1) is 6.92 Å². The van der Waals surface area contributed by atoms with E-state index in [0.29, 0.717) is 16.9 Å². The van der Waals surface area contributed by atoms with Crippen molar-refractivity contribution in [3.05, 3.63) is 59.2 Å². The number of hydrazine groups is 1. The molecular weight excluding hydrogens is 394 g/mol. The van der Waals surface area contributed by atoms with E-state index in [1.165, 1.54) is 26.2 Å². The number of amides is 2. The molecule has 0 saturated carbocycles. The van der Waals surface area contributed by atoms with Gasteiger partial charge in [0.1, 0.15) is 5.75 Å². The fourth-order valence-electron chi connectivity index (χ4n) is 2.43. The second-order valence-corrected chi connectivity index (χ2v) is 9.02. The minimum atomic E-state index is -3.68. The van der Waals surface area contributed by atoms with E-state index in [9.17, 15) is 18.0 Å². The third kappa shape index (κ3) is 5.55. The van der Waals surface area contributed by atoms with Gasteiger partial charge in [-0.25, -0.2) is 12.7 Å². The second-order valence-electron chi connectivity index (χ2n) is 6.86. The number of nitrogens with one attached hydrogen (secondary N) is 2. The van der Waals surface area contributed by atoms with E-state index in [4.69, 9.17) is 4.74 Å². The number of carbonyl (C=O) groups is 2. The molecule has 0 heterocycles. The average molecular weight is 420 g/mol. The zero-order valence-corrected chi connectivity index (χ0v) is 17.8. The highest BCUT2D eigenvalue weighted by Crippen LogP contribution is 2.18. The molecule has 0 aliphatic carbocycles. The largest absolute Gasteiger partial charge is 0.491 e. The van der Waals surface area contributed by atoms with Crippen molar-refractivity contribution < 1.29 is 22.7 Å². The molecule has 2 amide bonds. The van der Waals surface area contributed by atoms with Crippen LogP contribution in [0.5, 0.6) is 5.75 Å². The highest BCUT2D eigenvalue weighted by Gasteiger charge is 2.20. The lowest BCUT2D eigenvalue weighted by Gasteiger charge is -2.14. The summed E-state index contributed by atoms with van der Waals surface area (Å²) in [7, 11) is -0.864. The van der Waals surface area contributed by atoms with Crippen LogP contribution in [0.1, 0.15) is 40.1 Å². The van der Waals surface area contributed by atoms with Gasteiger partial charge in [-0.1, -0.05) is 6.07 Å². The predicted octanol–water partition coefficient (Wildman–Crippen LogP) is 2.11. The van der Waals surface area contributed by atoms with Gasteiger partial charge in [0.25, 0.3) is 11.8 Å². The third-order valence-corrected chi connectivity index (χ3v) is 5.82. The summed E-state index contributed by atoms with van der Waals surface area (Å²) in [6.07, 6.45) is 0.0178. The maximum atomic E-state index is 12.5. The fourth-order valence-corrected chi connectivity index (χ4v) is 3.36. The summed E-state index contributed by atoms with van der Waals surface area (Å²) in [6.45, 7) is 5.48. The first-order valence-electron chi connectivity index (χ1n) is 8.93. The van der Waals surface area contributed by atoms with Crippen molar-refractivity contribution in [2.24, 2.45) is 0 Å². The van der Waals surface area contributed by atoms with E-state index in [1.54, 1.807) is 37.3 Å². The predicted molar refractivity (Wildman–Crippen MR) is 109 cm³/mol. The maximum absolute atomic E-state index is 12.5. The van der Waals surface area contributed by atoms with Crippen LogP contribution in [0.3, 0.4) is 0 Å². The van der Waals surface area contributed by atoms with Crippen molar-refractivity contribution in [2.75, 3.05) is 14.1 Å². The fraction of sp³-hybridized carbons (Fsp3) is 0.300. The Morgan fingerprint density at radius 3 is 2.10 bits per heavy atom. The smallest absolute Gasteiger partial charge is 0.270 e. The molecule has 2 N–H and O–H groups in total. The molecule has 9 heteroatoms. The Kier molecular flexibility index (Phi) is 6.99. The third-order valence-electron chi connectivity index (χ3n) is 4.01. The van der Waals surface area contributed by atoms with Crippen molar-refractivity contribution >= 4 is 21.8 Å². The number of hydrogen-bond acceptors (Lipinski definition) is 5. The van der Waals surface area contributed by atoms with Crippen molar-refractivity contribution in [1.29, 1.82) is 0 Å². The maximum Gasteiger partial charge on any atom is 0.270 e. The summed E-state index contributed by atoms with van der Waals surface area (Å²) < 4.78 is 31.1. The summed E-state index contributed by atoms with van der Waals surface area (Å²) in [4.78, 5) is 24.7. The van der Waals surface area contributed by atoms with Crippen LogP contribution in [-0.2, 0) is 10.0 Å². The zero-order chi connectivity index (χ0) is 21.8. The lowest BCUT2D eigenvalue weighted by molar-refractivity contribution is 0.0846. The number of carbonyl (C=O) groups excluding carboxylic acids is 2. The van der Waals surface area contributed by atoms with Gasteiger partial charge < -0.3 is 4.74 Å². The van der Waals surface area contributed by atoms with Crippen molar-refractivity contribution in [1.82, 2.24) is 15.2 Å². The molecule has 0 atom stereocenters. The van der Waals surface area contributed by atoms with Gasteiger partial charge in [-0.3, -0.25) is 20.4 Å². The first-order chi connectivity index (χ1) is 13.5. The van der Waals surface area contributed by atoms with Gasteiger partial charge in [-0.15, -0.1) is 0 Å². The molecular formula is C20H25N3O5S. The number of hydrogen-bond donors (Lipinski definition) is 2. The van der Waals surface area contributed by atoms with Crippen LogP contribution >= 0.6 is 0 Å². The molecule has 2 aromatic carbocycles. The summed E-state index contributed by atoms with van der Waals surface area (Å²) >= 11 is 0. The molecule has 29 heavy (non-hydrogen) atoms. The Morgan fingerprint density at radius 2 is 1.55 bits per heavy atom. The van der Waals surface area contributed by atoms with E-state index >= 15 is 0 Å². The van der Waals surface area contributed by atoms with Crippen molar-refractivity contribution in [3.8, 4) is 5.75 Å². The van der Waals surface area contributed by atoms with Gasteiger partial charge in [-0.05, 0) is 62.7 Å². The van der Waals surface area contributed by atoms with Gasteiger partial charge in [0.05, 0.1) is 11.0 Å². The number of sulfonamides is 1. The monoisotopic (exact) mass is 419 g/mol. The minimum Gasteiger partial charge on any atom is -0.491 e. The summed E-state index contributed by atoms with van der Waals surface area (Å²) in [5.74, 6) is -0.495. The Balaban J connectivity index is 2.10. The average Bonchev–Trinajstić information content (AvgIpc) is 2.66. The SMILES string of the molecule is Cc1ccc(S(=O)(=O)N(C)C)cc1C(=O)NNC(=O)c1ccc(OC(C)C)cc1. The van der Waals surface area contributed by atoms with E-state index in [-0.39, 0.29) is 16.6 Å². The highest BCUT2D eigenvalue weighted by molar-refractivity contribution is 7.89. The van der Waals surface area contributed by atoms with Gasteiger partial charge >= 0.3 is 0 Å². The van der Waals surface area contributed by atoms with Crippen molar-refractivity contribution in [3.63, 3.8) is 0 Å². The van der Waals surface area contributed by atoms with Crippen LogP contribution in [0.15, 0.2) is 47.4 Å². The van der Waals surface area contributed by atoms with Crippen LogP contribution in [-0.4, -0.2) is 44.7 Å². The molecule has 0 radical (unpaired) electrons. The molecule has 0 aliphatic heterocycles. The highest BCUT2D eigenvalue weighted by atomic mass is 32.2. The number of ether oxygens (including phenoxy) is 1. The van der Waals surface area contributed by atoms with Gasteiger partial charge in [0, 0.05) is 25.2 Å². The molecule has 156 valence electrons. The molecule has 0 spiro atoms. The Morgan fingerprint density at radius 1 is 0.966 bits per heavy atom. The molecule has 2 rings (SSSR count). The zero-order valence-electron chi connectivity index (χ0n) is 17.0. The lowest BCUT2D eigenvalue weighted by atomic mass is 10.1.